The van der Waals surface area contributed by atoms with E-state index in [2.05, 4.69) is 26.3 Å². The lowest BCUT2D eigenvalue weighted by Crippen LogP contribution is -2.15. The molecule has 1 radical (unpaired) electrons. The molecule has 0 aromatic rings. The fraction of sp³-hybridized carbons (Fsp3) is 0.769. The summed E-state index contributed by atoms with van der Waals surface area (Å²) < 4.78 is 5.87. The van der Waals surface area contributed by atoms with Crippen molar-refractivity contribution >= 4 is 0 Å². The van der Waals surface area contributed by atoms with Crippen LogP contribution in [0.4, 0.5) is 0 Å². The third kappa shape index (κ3) is 4.69. The number of hydrogen-bond acceptors (Lipinski definition) is 1. The van der Waals surface area contributed by atoms with Crippen molar-refractivity contribution in [3.05, 3.63) is 18.3 Å². The average molecular weight is 195 g/mol. The summed E-state index contributed by atoms with van der Waals surface area (Å²) in [6.45, 7) is 4.31. The number of rotatable bonds is 5. The SMILES string of the molecule is CCCCC=C(C)OC1C[CH]CCC1. The summed E-state index contributed by atoms with van der Waals surface area (Å²) in [6, 6.07) is 0. The Kier molecular flexibility index (Phi) is 5.74. The second-order valence-corrected chi connectivity index (χ2v) is 4.15. The second-order valence-electron chi connectivity index (χ2n) is 4.15. The maximum absolute atomic E-state index is 5.87. The highest BCUT2D eigenvalue weighted by molar-refractivity contribution is 4.91. The van der Waals surface area contributed by atoms with E-state index in [0.29, 0.717) is 6.10 Å². The molecule has 0 saturated heterocycles. The van der Waals surface area contributed by atoms with E-state index < -0.39 is 0 Å². The maximum Gasteiger partial charge on any atom is 0.0984 e. The lowest BCUT2D eigenvalue weighted by atomic mass is 9.98. The maximum atomic E-state index is 5.87. The number of unbranched alkanes of at least 4 members (excludes halogenated alkanes) is 2. The van der Waals surface area contributed by atoms with Crippen LogP contribution in [0.3, 0.4) is 0 Å². The Balaban J connectivity index is 2.17. The van der Waals surface area contributed by atoms with Gasteiger partial charge in [0, 0.05) is 0 Å². The van der Waals surface area contributed by atoms with Crippen LogP contribution in [0.25, 0.3) is 0 Å². The number of allylic oxidation sites excluding steroid dienone is 2. The van der Waals surface area contributed by atoms with Crippen LogP contribution in [0.5, 0.6) is 0 Å². The molecular formula is C13H23O. The van der Waals surface area contributed by atoms with Gasteiger partial charge in [0.2, 0.25) is 0 Å². The molecule has 1 saturated carbocycles. The first-order chi connectivity index (χ1) is 6.83. The highest BCUT2D eigenvalue weighted by atomic mass is 16.5. The molecule has 1 nitrogen and oxygen atoms in total. The summed E-state index contributed by atoms with van der Waals surface area (Å²) in [6.07, 6.45) is 13.7. The highest BCUT2D eigenvalue weighted by Crippen LogP contribution is 2.21. The topological polar surface area (TPSA) is 9.23 Å². The lowest BCUT2D eigenvalue weighted by molar-refractivity contribution is 0.0962. The minimum Gasteiger partial charge on any atom is -0.495 e. The van der Waals surface area contributed by atoms with E-state index >= 15 is 0 Å². The molecule has 1 fully saturated rings. The normalized spacial score (nSPS) is 19.7. The fourth-order valence-corrected chi connectivity index (χ4v) is 1.84. The summed E-state index contributed by atoms with van der Waals surface area (Å²) in [7, 11) is 0. The van der Waals surface area contributed by atoms with E-state index in [-0.39, 0.29) is 0 Å². The van der Waals surface area contributed by atoms with Gasteiger partial charge in [0.1, 0.15) is 0 Å². The summed E-state index contributed by atoms with van der Waals surface area (Å²) >= 11 is 0. The molecular weight excluding hydrogens is 172 g/mol. The molecule has 1 rings (SSSR count). The van der Waals surface area contributed by atoms with Gasteiger partial charge in [-0.3, -0.25) is 0 Å². The van der Waals surface area contributed by atoms with Gasteiger partial charge in [-0.1, -0.05) is 13.3 Å². The molecule has 0 spiro atoms. The molecule has 1 heteroatoms. The van der Waals surface area contributed by atoms with Crippen LogP contribution in [-0.4, -0.2) is 6.10 Å². The smallest absolute Gasteiger partial charge is 0.0984 e. The predicted octanol–water partition coefficient (Wildman–Crippen LogP) is 4.24. The average Bonchev–Trinajstić information content (AvgIpc) is 2.20. The first-order valence-corrected chi connectivity index (χ1v) is 5.98. The Morgan fingerprint density at radius 1 is 1.57 bits per heavy atom. The van der Waals surface area contributed by atoms with Crippen molar-refractivity contribution in [2.24, 2.45) is 0 Å². The second kappa shape index (κ2) is 6.92. The summed E-state index contributed by atoms with van der Waals surface area (Å²) in [5.41, 5.74) is 0. The highest BCUT2D eigenvalue weighted by Gasteiger charge is 2.14. The molecule has 0 amide bonds. The van der Waals surface area contributed by atoms with Crippen LogP contribution in [0, 0.1) is 6.42 Å². The molecule has 0 aromatic carbocycles. The van der Waals surface area contributed by atoms with Gasteiger partial charge in [-0.15, -0.1) is 0 Å². The Labute approximate surface area is 88.5 Å². The van der Waals surface area contributed by atoms with E-state index in [9.17, 15) is 0 Å². The zero-order chi connectivity index (χ0) is 10.2. The molecule has 0 N–H and O–H groups in total. The largest absolute Gasteiger partial charge is 0.495 e. The van der Waals surface area contributed by atoms with E-state index in [1.54, 1.807) is 0 Å². The van der Waals surface area contributed by atoms with Gasteiger partial charge in [0.15, 0.2) is 0 Å². The quantitative estimate of drug-likeness (QED) is 0.471. The van der Waals surface area contributed by atoms with Gasteiger partial charge in [-0.25, -0.2) is 0 Å². The van der Waals surface area contributed by atoms with Crippen molar-refractivity contribution in [3.8, 4) is 0 Å². The molecule has 1 aliphatic carbocycles. The first-order valence-electron chi connectivity index (χ1n) is 5.98. The third-order valence-electron chi connectivity index (χ3n) is 2.71. The molecule has 1 unspecified atom stereocenters. The van der Waals surface area contributed by atoms with Crippen LogP contribution in [0.15, 0.2) is 11.8 Å². The molecule has 1 atom stereocenters. The Morgan fingerprint density at radius 3 is 3.07 bits per heavy atom. The van der Waals surface area contributed by atoms with Crippen LogP contribution < -0.4 is 0 Å². The third-order valence-corrected chi connectivity index (χ3v) is 2.71. The molecule has 1 aliphatic rings. The van der Waals surface area contributed by atoms with Crippen molar-refractivity contribution in [1.82, 2.24) is 0 Å². The first kappa shape index (κ1) is 11.6. The summed E-state index contributed by atoms with van der Waals surface area (Å²) in [5.74, 6) is 1.12. The molecule has 81 valence electrons. The van der Waals surface area contributed by atoms with Crippen molar-refractivity contribution in [2.45, 2.75) is 64.9 Å². The Hall–Kier alpha value is -0.460. The van der Waals surface area contributed by atoms with Gasteiger partial charge in [0.25, 0.3) is 0 Å². The van der Waals surface area contributed by atoms with Crippen LogP contribution >= 0.6 is 0 Å². The van der Waals surface area contributed by atoms with E-state index in [1.807, 2.05) is 0 Å². The monoisotopic (exact) mass is 195 g/mol. The van der Waals surface area contributed by atoms with Crippen LogP contribution in [-0.2, 0) is 4.74 Å². The van der Waals surface area contributed by atoms with Crippen molar-refractivity contribution < 1.29 is 4.74 Å². The standard InChI is InChI=1S/C13H23O/c1-3-4-6-9-12(2)14-13-10-7-5-8-11-13/h7,9,13H,3-6,8,10-11H2,1-2H3. The Bertz CT molecular complexity index is 166. The summed E-state index contributed by atoms with van der Waals surface area (Å²) in [4.78, 5) is 0. The Morgan fingerprint density at radius 2 is 2.43 bits per heavy atom. The molecule has 0 aromatic heterocycles. The molecule has 0 aliphatic heterocycles. The molecule has 14 heavy (non-hydrogen) atoms. The van der Waals surface area contributed by atoms with Gasteiger partial charge < -0.3 is 4.74 Å². The van der Waals surface area contributed by atoms with E-state index in [4.69, 9.17) is 4.74 Å². The lowest BCUT2D eigenvalue weighted by Gasteiger charge is -2.23. The zero-order valence-corrected chi connectivity index (χ0v) is 9.59. The van der Waals surface area contributed by atoms with Gasteiger partial charge in [-0.05, 0) is 57.9 Å². The molecule has 0 bridgehead atoms. The van der Waals surface area contributed by atoms with Gasteiger partial charge in [0.05, 0.1) is 11.9 Å². The number of hydrogen-bond donors (Lipinski definition) is 0. The van der Waals surface area contributed by atoms with Gasteiger partial charge >= 0.3 is 0 Å². The summed E-state index contributed by atoms with van der Waals surface area (Å²) in [5, 5.41) is 0. The number of ether oxygens (including phenoxy) is 1. The fourth-order valence-electron chi connectivity index (χ4n) is 1.84. The van der Waals surface area contributed by atoms with E-state index in [0.717, 1.165) is 12.2 Å². The predicted molar refractivity (Wildman–Crippen MR) is 60.9 cm³/mol. The van der Waals surface area contributed by atoms with Crippen LogP contribution in [0.1, 0.15) is 58.8 Å². The van der Waals surface area contributed by atoms with Crippen molar-refractivity contribution in [2.75, 3.05) is 0 Å². The van der Waals surface area contributed by atoms with Gasteiger partial charge in [-0.2, -0.15) is 0 Å². The van der Waals surface area contributed by atoms with Crippen LogP contribution in [0.2, 0.25) is 0 Å². The minimum absolute atomic E-state index is 0.460. The van der Waals surface area contributed by atoms with Crippen molar-refractivity contribution in [3.63, 3.8) is 0 Å². The molecule has 0 heterocycles. The zero-order valence-electron chi connectivity index (χ0n) is 9.59. The van der Waals surface area contributed by atoms with E-state index in [1.165, 1.54) is 38.5 Å². The van der Waals surface area contributed by atoms with Crippen molar-refractivity contribution in [1.29, 1.82) is 0 Å². The minimum atomic E-state index is 0.460.